The molecule has 1 aliphatic carbocycles. The molecule has 0 spiro atoms. The molecule has 1 aliphatic heterocycles. The van der Waals surface area contributed by atoms with E-state index in [4.69, 9.17) is 4.74 Å². The molecule has 0 aromatic heterocycles. The van der Waals surface area contributed by atoms with E-state index < -0.39 is 36.5 Å². The Hall–Kier alpha value is -1.77. The van der Waals surface area contributed by atoms with Gasteiger partial charge in [0.1, 0.15) is 11.9 Å². The third-order valence-electron chi connectivity index (χ3n) is 4.09. The van der Waals surface area contributed by atoms with Gasteiger partial charge in [-0.2, -0.15) is 0 Å². The van der Waals surface area contributed by atoms with Gasteiger partial charge in [0, 0.05) is 6.42 Å². The summed E-state index contributed by atoms with van der Waals surface area (Å²) in [5.74, 6) is -0.788. The molecular formula is C18H24O7. The third kappa shape index (κ3) is 5.10. The first-order valence-corrected chi connectivity index (χ1v) is 8.18. The maximum absolute atomic E-state index is 11.8. The summed E-state index contributed by atoms with van der Waals surface area (Å²) < 4.78 is 5.46. The summed E-state index contributed by atoms with van der Waals surface area (Å²) in [7, 11) is 0. The lowest BCUT2D eigenvalue weighted by molar-refractivity contribution is -0.127. The Labute approximate surface area is 145 Å². The molecule has 0 radical (unpaired) electrons. The van der Waals surface area contributed by atoms with Crippen molar-refractivity contribution in [2.75, 3.05) is 0 Å². The van der Waals surface area contributed by atoms with Gasteiger partial charge >= 0.3 is 0 Å². The maximum atomic E-state index is 11.8. The van der Waals surface area contributed by atoms with E-state index in [1.807, 2.05) is 0 Å². The van der Waals surface area contributed by atoms with Crippen molar-refractivity contribution in [3.05, 3.63) is 47.3 Å². The van der Waals surface area contributed by atoms with Crippen molar-refractivity contribution in [1.82, 2.24) is 0 Å². The molecule has 0 saturated carbocycles. The first-order chi connectivity index (χ1) is 11.8. The summed E-state index contributed by atoms with van der Waals surface area (Å²) in [6, 6.07) is 0. The number of rotatable bonds is 0. The number of hydrogen-bond donors (Lipinski definition) is 5. The van der Waals surface area contributed by atoms with Gasteiger partial charge in [-0.25, -0.2) is 0 Å². The van der Waals surface area contributed by atoms with Gasteiger partial charge < -0.3 is 30.3 Å². The normalized spacial score (nSPS) is 37.7. The van der Waals surface area contributed by atoms with Crippen molar-refractivity contribution in [3.63, 3.8) is 0 Å². The zero-order chi connectivity index (χ0) is 18.6. The minimum Gasteiger partial charge on any atom is -0.512 e. The van der Waals surface area contributed by atoms with Crippen LogP contribution in [0.1, 0.15) is 26.2 Å². The second-order valence-electron chi connectivity index (χ2n) is 6.24. The van der Waals surface area contributed by atoms with Gasteiger partial charge in [-0.3, -0.25) is 4.79 Å². The maximum Gasteiger partial charge on any atom is 0.186 e. The van der Waals surface area contributed by atoms with Crippen LogP contribution in [0.3, 0.4) is 0 Å². The zero-order valence-electron chi connectivity index (χ0n) is 13.9. The van der Waals surface area contributed by atoms with E-state index >= 15 is 0 Å². The Bertz CT molecular complexity index is 617. The number of allylic oxidation sites excluding steroid dienone is 1. The zero-order valence-corrected chi connectivity index (χ0v) is 13.9. The monoisotopic (exact) mass is 352 g/mol. The van der Waals surface area contributed by atoms with Gasteiger partial charge in [0.25, 0.3) is 0 Å². The summed E-state index contributed by atoms with van der Waals surface area (Å²) >= 11 is 0. The third-order valence-corrected chi connectivity index (χ3v) is 4.09. The molecule has 1 heterocycles. The average Bonchev–Trinajstić information content (AvgIpc) is 2.52. The lowest BCUT2D eigenvalue weighted by atomic mass is 9.93. The van der Waals surface area contributed by atoms with Crippen molar-refractivity contribution in [1.29, 1.82) is 0 Å². The van der Waals surface area contributed by atoms with E-state index in [-0.39, 0.29) is 30.6 Å². The molecule has 0 amide bonds. The topological polar surface area (TPSA) is 127 Å². The molecule has 0 bridgehead atoms. The molecule has 2 aliphatic rings. The molecule has 25 heavy (non-hydrogen) atoms. The fourth-order valence-corrected chi connectivity index (χ4v) is 2.73. The van der Waals surface area contributed by atoms with Crippen molar-refractivity contribution < 1.29 is 35.1 Å². The summed E-state index contributed by atoms with van der Waals surface area (Å²) in [6.07, 6.45) is 1.74. The number of hydrogen-bond acceptors (Lipinski definition) is 7. The number of ketones is 1. The van der Waals surface area contributed by atoms with Crippen LogP contribution < -0.4 is 0 Å². The molecule has 2 rings (SSSR count). The van der Waals surface area contributed by atoms with E-state index in [9.17, 15) is 30.3 Å². The number of fused-ring (bicyclic) bond motifs is 1. The predicted molar refractivity (Wildman–Crippen MR) is 89.5 cm³/mol. The summed E-state index contributed by atoms with van der Waals surface area (Å²) in [6.45, 7) is 1.68. The molecule has 0 aromatic rings. The van der Waals surface area contributed by atoms with Crippen LogP contribution in [0, 0.1) is 0 Å². The van der Waals surface area contributed by atoms with Crippen LogP contribution in [-0.4, -0.2) is 62.0 Å². The fraction of sp³-hybridized carbons (Fsp3) is 0.500. The Morgan fingerprint density at radius 3 is 2.48 bits per heavy atom. The Morgan fingerprint density at radius 2 is 1.76 bits per heavy atom. The highest BCUT2D eigenvalue weighted by molar-refractivity contribution is 5.93. The van der Waals surface area contributed by atoms with Crippen LogP contribution in [0.25, 0.3) is 0 Å². The highest BCUT2D eigenvalue weighted by Gasteiger charge is 2.27. The number of carbonyl (C=O) groups excluding carboxylic acids is 1. The predicted octanol–water partition coefficient (Wildman–Crippen LogP) is 0.410. The van der Waals surface area contributed by atoms with Gasteiger partial charge in [-0.1, -0.05) is 18.2 Å². The van der Waals surface area contributed by atoms with Crippen LogP contribution in [0.4, 0.5) is 0 Å². The van der Waals surface area contributed by atoms with E-state index in [0.29, 0.717) is 5.57 Å². The minimum absolute atomic E-state index is 0.0183. The second-order valence-corrected chi connectivity index (χ2v) is 6.24. The molecule has 5 N–H and O–H groups in total. The number of ether oxygens (including phenoxy) is 1. The van der Waals surface area contributed by atoms with Gasteiger partial charge in [-0.15, -0.1) is 0 Å². The van der Waals surface area contributed by atoms with Gasteiger partial charge in [0.15, 0.2) is 12.1 Å². The smallest absolute Gasteiger partial charge is 0.186 e. The lowest BCUT2D eigenvalue weighted by Gasteiger charge is -2.26. The standard InChI is InChI=1S/C18H24O7/c1-10-4-2-6-13(20)17(23)14(21)7-3-5-11-8-12(19)9-15(22)16(11)18(24)25-10/h2-3,5-6,8,10,12,14,17-19,21-24H,4,7,9H2,1H3/b5-3+,6-2-. The Morgan fingerprint density at radius 1 is 1.08 bits per heavy atom. The summed E-state index contributed by atoms with van der Waals surface area (Å²) in [4.78, 5) is 11.8. The van der Waals surface area contributed by atoms with Crippen LogP contribution in [0.2, 0.25) is 0 Å². The molecule has 138 valence electrons. The number of aliphatic hydroxyl groups excluding tert-OH is 5. The molecule has 5 atom stereocenters. The Kier molecular flexibility index (Phi) is 6.69. The van der Waals surface area contributed by atoms with E-state index in [2.05, 4.69) is 0 Å². The average molecular weight is 352 g/mol. The van der Waals surface area contributed by atoms with Crippen molar-refractivity contribution in [3.8, 4) is 0 Å². The lowest BCUT2D eigenvalue weighted by Crippen LogP contribution is -2.32. The van der Waals surface area contributed by atoms with Crippen LogP contribution in [0.5, 0.6) is 0 Å². The largest absolute Gasteiger partial charge is 0.512 e. The molecule has 0 fully saturated rings. The highest BCUT2D eigenvalue weighted by atomic mass is 16.6. The van der Waals surface area contributed by atoms with Gasteiger partial charge in [-0.05, 0) is 37.5 Å². The first-order valence-electron chi connectivity index (χ1n) is 8.18. The molecule has 0 aromatic carbocycles. The minimum atomic E-state index is -1.54. The van der Waals surface area contributed by atoms with E-state index in [1.54, 1.807) is 6.92 Å². The summed E-state index contributed by atoms with van der Waals surface area (Å²) in [5.41, 5.74) is 0.511. The van der Waals surface area contributed by atoms with Crippen LogP contribution in [-0.2, 0) is 9.53 Å². The highest BCUT2D eigenvalue weighted by Crippen LogP contribution is 2.29. The SMILES string of the molecule is CC1C/C=C\C(=O)C(O)C(O)C/C=C/C2=CC(O)CC(O)=C2C(O)O1. The van der Waals surface area contributed by atoms with Gasteiger partial charge in [0.05, 0.1) is 23.9 Å². The number of aliphatic hydroxyl groups is 5. The quantitative estimate of drug-likeness (QED) is 0.427. The molecule has 7 heteroatoms. The van der Waals surface area contributed by atoms with Crippen LogP contribution >= 0.6 is 0 Å². The molecular weight excluding hydrogens is 328 g/mol. The van der Waals surface area contributed by atoms with Crippen LogP contribution in [0.15, 0.2) is 47.3 Å². The number of carbonyl (C=O) groups is 1. The fourth-order valence-electron chi connectivity index (χ4n) is 2.73. The Balaban J connectivity index is 2.33. The molecule has 5 unspecified atom stereocenters. The van der Waals surface area contributed by atoms with Gasteiger partial charge in [0.2, 0.25) is 0 Å². The van der Waals surface area contributed by atoms with E-state index in [1.165, 1.54) is 30.4 Å². The van der Waals surface area contributed by atoms with Crippen molar-refractivity contribution in [2.24, 2.45) is 0 Å². The molecule has 0 saturated heterocycles. The first kappa shape index (κ1) is 19.6. The van der Waals surface area contributed by atoms with Crippen molar-refractivity contribution in [2.45, 2.75) is 56.9 Å². The summed E-state index contributed by atoms with van der Waals surface area (Å²) in [5, 5.41) is 49.9. The second kappa shape index (κ2) is 8.55. The van der Waals surface area contributed by atoms with Crippen molar-refractivity contribution >= 4 is 5.78 Å². The van der Waals surface area contributed by atoms with E-state index in [0.717, 1.165) is 0 Å². The molecule has 7 nitrogen and oxygen atoms in total.